The third-order valence-electron chi connectivity index (χ3n) is 4.22. The number of piperidine rings is 1. The fraction of sp³-hybridized carbons (Fsp3) is 0.533. The van der Waals surface area contributed by atoms with Crippen LogP contribution in [-0.4, -0.2) is 44.4 Å². The summed E-state index contributed by atoms with van der Waals surface area (Å²) in [6, 6.07) is 1.90. The number of carbonyl (C=O) groups is 1. The van der Waals surface area contributed by atoms with Gasteiger partial charge in [-0.05, 0) is 38.9 Å². The van der Waals surface area contributed by atoms with Crippen LogP contribution in [0, 0.1) is 0 Å². The van der Waals surface area contributed by atoms with Crippen LogP contribution in [0.15, 0.2) is 37.2 Å². The van der Waals surface area contributed by atoms with Crippen molar-refractivity contribution in [3.8, 4) is 0 Å². The van der Waals surface area contributed by atoms with Crippen molar-refractivity contribution in [1.29, 1.82) is 0 Å². The average molecular weight is 302 g/mol. The summed E-state index contributed by atoms with van der Waals surface area (Å²) in [4.78, 5) is 17.0. The van der Waals surface area contributed by atoms with Crippen LogP contribution >= 0.6 is 0 Å². The number of imidazole rings is 1. The zero-order valence-electron chi connectivity index (χ0n) is 12.8. The smallest absolute Gasteiger partial charge is 0.248 e. The van der Waals surface area contributed by atoms with Gasteiger partial charge in [0, 0.05) is 37.4 Å². The minimum atomic E-state index is -0.585. The molecule has 1 aliphatic rings. The monoisotopic (exact) mass is 302 g/mol. The Hall–Kier alpha value is -2.15. The molecule has 0 spiro atoms. The molecule has 0 aromatic carbocycles. The molecule has 1 amide bonds. The van der Waals surface area contributed by atoms with Crippen molar-refractivity contribution in [3.05, 3.63) is 37.2 Å². The maximum Gasteiger partial charge on any atom is 0.248 e. The Labute approximate surface area is 129 Å². The number of amides is 1. The highest BCUT2D eigenvalue weighted by molar-refractivity contribution is 5.84. The normalized spacial score (nSPS) is 18.8. The zero-order chi connectivity index (χ0) is 15.4. The molecule has 7 nitrogen and oxygen atoms in total. The lowest BCUT2D eigenvalue weighted by atomic mass is 9.87. The van der Waals surface area contributed by atoms with Gasteiger partial charge in [0.15, 0.2) is 0 Å². The van der Waals surface area contributed by atoms with Crippen molar-refractivity contribution < 1.29 is 4.79 Å². The summed E-state index contributed by atoms with van der Waals surface area (Å²) in [5.41, 5.74) is -0.585. The molecule has 118 valence electrons. The number of nitrogens with one attached hydrogen (secondary N) is 2. The number of nitrogens with zero attached hydrogens (tertiary/aromatic N) is 4. The summed E-state index contributed by atoms with van der Waals surface area (Å²) < 4.78 is 3.78. The van der Waals surface area contributed by atoms with Crippen LogP contribution in [0.2, 0.25) is 0 Å². The minimum Gasteiger partial charge on any atom is -0.350 e. The summed E-state index contributed by atoms with van der Waals surface area (Å²) in [6.45, 7) is 4.36. The number of aromatic nitrogens is 4. The molecule has 0 aliphatic carbocycles. The van der Waals surface area contributed by atoms with Gasteiger partial charge < -0.3 is 15.2 Å². The molecular weight excluding hydrogens is 280 g/mol. The first-order chi connectivity index (χ1) is 10.7. The van der Waals surface area contributed by atoms with Crippen LogP contribution in [0.1, 0.15) is 19.8 Å². The van der Waals surface area contributed by atoms with E-state index in [9.17, 15) is 4.79 Å². The van der Waals surface area contributed by atoms with Gasteiger partial charge in [0.2, 0.25) is 5.91 Å². The van der Waals surface area contributed by atoms with E-state index in [4.69, 9.17) is 0 Å². The maximum absolute atomic E-state index is 12.9. The highest BCUT2D eigenvalue weighted by Gasteiger charge is 2.42. The highest BCUT2D eigenvalue weighted by Crippen LogP contribution is 2.27. The lowest BCUT2D eigenvalue weighted by Gasteiger charge is -2.37. The molecule has 1 unspecified atom stereocenters. The predicted octanol–water partition coefficient (Wildman–Crippen LogP) is 0.363. The summed E-state index contributed by atoms with van der Waals surface area (Å²) in [5, 5.41) is 10.8. The molecule has 0 saturated carbocycles. The van der Waals surface area contributed by atoms with Crippen molar-refractivity contribution in [2.75, 3.05) is 13.1 Å². The predicted molar refractivity (Wildman–Crippen MR) is 82.1 cm³/mol. The molecule has 1 atom stereocenters. The zero-order valence-corrected chi connectivity index (χ0v) is 12.8. The van der Waals surface area contributed by atoms with E-state index in [1.807, 2.05) is 34.6 Å². The second-order valence-corrected chi connectivity index (χ2v) is 5.87. The fourth-order valence-corrected chi connectivity index (χ4v) is 3.04. The van der Waals surface area contributed by atoms with E-state index in [-0.39, 0.29) is 11.9 Å². The Morgan fingerprint density at radius 3 is 2.82 bits per heavy atom. The van der Waals surface area contributed by atoms with Crippen LogP contribution in [0.3, 0.4) is 0 Å². The number of hydrogen-bond donors (Lipinski definition) is 2. The van der Waals surface area contributed by atoms with Gasteiger partial charge in [-0.25, -0.2) is 4.98 Å². The first kappa shape index (κ1) is 14.8. The molecule has 0 radical (unpaired) electrons. The summed E-state index contributed by atoms with van der Waals surface area (Å²) >= 11 is 0. The van der Waals surface area contributed by atoms with Gasteiger partial charge in [-0.3, -0.25) is 9.48 Å². The van der Waals surface area contributed by atoms with Crippen LogP contribution in [-0.2, 0) is 16.9 Å². The van der Waals surface area contributed by atoms with E-state index in [0.29, 0.717) is 6.54 Å². The Balaban J connectivity index is 1.72. The lowest BCUT2D eigenvalue weighted by molar-refractivity contribution is -0.132. The van der Waals surface area contributed by atoms with Gasteiger partial charge in [0.25, 0.3) is 0 Å². The minimum absolute atomic E-state index is 0.0315. The first-order valence-corrected chi connectivity index (χ1v) is 7.68. The molecule has 3 heterocycles. The quantitative estimate of drug-likeness (QED) is 0.836. The van der Waals surface area contributed by atoms with Gasteiger partial charge in [-0.1, -0.05) is 0 Å². The molecule has 0 bridgehead atoms. The Morgan fingerprint density at radius 1 is 1.36 bits per heavy atom. The van der Waals surface area contributed by atoms with Gasteiger partial charge in [-0.15, -0.1) is 0 Å². The molecule has 22 heavy (non-hydrogen) atoms. The van der Waals surface area contributed by atoms with Crippen LogP contribution in [0.4, 0.5) is 0 Å². The van der Waals surface area contributed by atoms with E-state index < -0.39 is 5.54 Å². The average Bonchev–Trinajstić information content (AvgIpc) is 3.21. The summed E-state index contributed by atoms with van der Waals surface area (Å²) in [6.07, 6.45) is 10.5. The van der Waals surface area contributed by atoms with Crippen molar-refractivity contribution in [3.63, 3.8) is 0 Å². The first-order valence-electron chi connectivity index (χ1n) is 7.68. The highest BCUT2D eigenvalue weighted by atomic mass is 16.2. The van der Waals surface area contributed by atoms with Crippen molar-refractivity contribution in [1.82, 2.24) is 30.0 Å². The standard InChI is InChI=1S/C15H22N6O/c1-13(11-20-10-8-17-12-20)19-14(22)15(3-6-16-7-4-15)21-9-2-5-18-21/h2,5,8-10,12-13,16H,3-4,6-7,11H2,1H3,(H,19,22). The van der Waals surface area contributed by atoms with E-state index in [1.165, 1.54) is 0 Å². The molecule has 2 N–H and O–H groups in total. The van der Waals surface area contributed by atoms with Gasteiger partial charge in [0.1, 0.15) is 5.54 Å². The Morgan fingerprint density at radius 2 is 2.18 bits per heavy atom. The topological polar surface area (TPSA) is 76.8 Å². The molecular formula is C15H22N6O. The summed E-state index contributed by atoms with van der Waals surface area (Å²) in [7, 11) is 0. The molecule has 2 aromatic heterocycles. The Kier molecular flexibility index (Phi) is 4.24. The van der Waals surface area contributed by atoms with E-state index >= 15 is 0 Å². The number of rotatable bonds is 5. The number of carbonyl (C=O) groups excluding carboxylic acids is 1. The second kappa shape index (κ2) is 6.31. The largest absolute Gasteiger partial charge is 0.350 e. The number of hydrogen-bond acceptors (Lipinski definition) is 4. The second-order valence-electron chi connectivity index (χ2n) is 5.87. The Bertz CT molecular complexity index is 586. The van der Waals surface area contributed by atoms with Crippen LogP contribution in [0.5, 0.6) is 0 Å². The van der Waals surface area contributed by atoms with Gasteiger partial charge in [-0.2, -0.15) is 5.10 Å². The van der Waals surface area contributed by atoms with Crippen molar-refractivity contribution in [2.45, 2.75) is 37.9 Å². The molecule has 1 saturated heterocycles. The molecule has 2 aromatic rings. The van der Waals surface area contributed by atoms with E-state index in [0.717, 1.165) is 25.9 Å². The third kappa shape index (κ3) is 2.89. The van der Waals surface area contributed by atoms with E-state index in [1.54, 1.807) is 18.7 Å². The van der Waals surface area contributed by atoms with Gasteiger partial charge in [0.05, 0.1) is 6.33 Å². The van der Waals surface area contributed by atoms with Crippen LogP contribution < -0.4 is 10.6 Å². The third-order valence-corrected chi connectivity index (χ3v) is 4.22. The molecule has 1 fully saturated rings. The molecule has 3 rings (SSSR count). The van der Waals surface area contributed by atoms with E-state index in [2.05, 4.69) is 20.7 Å². The van der Waals surface area contributed by atoms with Crippen molar-refractivity contribution >= 4 is 5.91 Å². The molecule has 7 heteroatoms. The van der Waals surface area contributed by atoms with Gasteiger partial charge >= 0.3 is 0 Å². The molecule has 1 aliphatic heterocycles. The van der Waals surface area contributed by atoms with Crippen molar-refractivity contribution in [2.24, 2.45) is 0 Å². The van der Waals surface area contributed by atoms with Crippen LogP contribution in [0.25, 0.3) is 0 Å². The summed E-state index contributed by atoms with van der Waals surface area (Å²) in [5.74, 6) is 0.0466. The maximum atomic E-state index is 12.9. The fourth-order valence-electron chi connectivity index (χ4n) is 3.04. The SMILES string of the molecule is CC(Cn1ccnc1)NC(=O)C1(n2cccn2)CCNCC1. The lowest BCUT2D eigenvalue weighted by Crippen LogP contribution is -2.56.